The Balaban J connectivity index is 1.25. The third-order valence-electron chi connectivity index (χ3n) is 11.5. The van der Waals surface area contributed by atoms with Crippen molar-refractivity contribution < 1.29 is 4.42 Å². The molecule has 0 amide bonds. The summed E-state index contributed by atoms with van der Waals surface area (Å²) in [6.07, 6.45) is 0. The second-order valence-corrected chi connectivity index (χ2v) is 15.1. The van der Waals surface area contributed by atoms with Crippen LogP contribution in [-0.2, 0) is 0 Å². The third kappa shape index (κ3) is 3.25. The average molecular weight is 680 g/mol. The molecule has 0 saturated carbocycles. The minimum absolute atomic E-state index is 0.0668. The molecule has 13 rings (SSSR count). The summed E-state index contributed by atoms with van der Waals surface area (Å²) < 4.78 is 13.3. The number of furan rings is 1. The van der Waals surface area contributed by atoms with Crippen LogP contribution < -0.4 is 15.8 Å². The number of anilines is 3. The molecule has 0 aliphatic carbocycles. The molecular formula is C46H26BN3OS. The van der Waals surface area contributed by atoms with Crippen LogP contribution in [-0.4, -0.2) is 15.9 Å². The first-order chi connectivity index (χ1) is 25.8. The largest absolute Gasteiger partial charge is 0.441 e. The molecule has 2 aliphatic heterocycles. The fraction of sp³-hybridized carbons (Fsp3) is 0. The Bertz CT molecular complexity index is 3280. The van der Waals surface area contributed by atoms with Crippen molar-refractivity contribution >= 4 is 110 Å². The lowest BCUT2D eigenvalue weighted by Gasteiger charge is -2.35. The lowest BCUT2D eigenvalue weighted by Crippen LogP contribution is -2.55. The molecule has 0 atom stereocenters. The minimum Gasteiger partial charge on any atom is -0.441 e. The molecule has 4 nitrogen and oxygen atoms in total. The molecule has 52 heavy (non-hydrogen) atoms. The lowest BCUT2D eigenvalue weighted by molar-refractivity contribution is 0.651. The fourth-order valence-electron chi connectivity index (χ4n) is 9.52. The number of hydrogen-bond acceptors (Lipinski definition) is 3. The van der Waals surface area contributed by atoms with Crippen molar-refractivity contribution in [3.05, 3.63) is 158 Å². The average Bonchev–Trinajstić information content (AvgIpc) is 3.94. The SMILES string of the molecule is c1ccc(N(c2ccccc2)c2cc3c4c(c2)-n2c5sc6ccccc6c5c5cccc(c52)B4n2c4oc5ccccc5c4c4cccc-3c42)cc1. The van der Waals surface area contributed by atoms with Gasteiger partial charge >= 0.3 is 6.85 Å². The van der Waals surface area contributed by atoms with Crippen molar-refractivity contribution in [3.63, 3.8) is 0 Å². The predicted molar refractivity (Wildman–Crippen MR) is 219 cm³/mol. The van der Waals surface area contributed by atoms with Gasteiger partial charge in [-0.2, -0.15) is 0 Å². The fourth-order valence-corrected chi connectivity index (χ4v) is 10.8. The summed E-state index contributed by atoms with van der Waals surface area (Å²) in [4.78, 5) is 3.69. The molecule has 2 aliphatic rings. The van der Waals surface area contributed by atoms with Crippen LogP contribution in [0, 0.1) is 0 Å². The second-order valence-electron chi connectivity index (χ2n) is 14.0. The molecule has 4 aromatic heterocycles. The standard InChI is InChI=1S/C46H26BN3OS/c1-3-13-27(14-4-1)48(28-15-5-2-6-16-28)29-25-35-30-19-11-20-33-40-31-17-7-9-23-38(31)51-45(40)50(43(30)33)47-36-22-12-21-34-41-32-18-8-10-24-39(32)52-46(41)49(44(34)36)37(26-29)42(35)47/h1-26H. The lowest BCUT2D eigenvalue weighted by atomic mass is 9.45. The normalized spacial score (nSPS) is 13.0. The van der Waals surface area contributed by atoms with Gasteiger partial charge in [0.25, 0.3) is 0 Å². The smallest absolute Gasteiger partial charge is 0.336 e. The summed E-state index contributed by atoms with van der Waals surface area (Å²) >= 11 is 1.90. The Hall–Kier alpha value is -6.50. The number of hydrogen-bond donors (Lipinski definition) is 0. The zero-order valence-corrected chi connectivity index (χ0v) is 28.6. The quantitative estimate of drug-likeness (QED) is 0.174. The number of fused-ring (bicyclic) bond motifs is 14. The van der Waals surface area contributed by atoms with Crippen LogP contribution in [0.3, 0.4) is 0 Å². The van der Waals surface area contributed by atoms with Crippen LogP contribution in [0.25, 0.3) is 81.0 Å². The Morgan fingerprint density at radius 2 is 1.21 bits per heavy atom. The van der Waals surface area contributed by atoms with Crippen LogP contribution in [0.1, 0.15) is 0 Å². The molecule has 0 N–H and O–H groups in total. The van der Waals surface area contributed by atoms with Crippen LogP contribution in [0.5, 0.6) is 0 Å². The van der Waals surface area contributed by atoms with E-state index in [1.165, 1.54) is 75.2 Å². The highest BCUT2D eigenvalue weighted by atomic mass is 32.1. The Kier molecular flexibility index (Phi) is 5.05. The van der Waals surface area contributed by atoms with Gasteiger partial charge in [-0.05, 0) is 65.0 Å². The van der Waals surface area contributed by atoms with Gasteiger partial charge < -0.3 is 18.4 Å². The Morgan fingerprint density at radius 1 is 0.538 bits per heavy atom. The second kappa shape index (κ2) is 9.63. The summed E-state index contributed by atoms with van der Waals surface area (Å²) in [5, 5.41) is 7.54. The van der Waals surface area contributed by atoms with Crippen LogP contribution in [0.15, 0.2) is 162 Å². The van der Waals surface area contributed by atoms with Gasteiger partial charge in [-0.3, -0.25) is 0 Å². The highest BCUT2D eigenvalue weighted by molar-refractivity contribution is 7.25. The summed E-state index contributed by atoms with van der Waals surface area (Å²) in [6.45, 7) is -0.0668. The van der Waals surface area contributed by atoms with E-state index in [9.17, 15) is 0 Å². The van der Waals surface area contributed by atoms with Crippen molar-refractivity contribution in [3.8, 4) is 16.8 Å². The van der Waals surface area contributed by atoms with Gasteiger partial charge in [-0.25, -0.2) is 0 Å². The molecule has 6 heterocycles. The first kappa shape index (κ1) is 27.3. The molecule has 11 aromatic rings. The molecule has 0 fully saturated rings. The molecule has 0 unspecified atom stereocenters. The van der Waals surface area contributed by atoms with Gasteiger partial charge in [0.1, 0.15) is 10.4 Å². The van der Waals surface area contributed by atoms with E-state index >= 15 is 0 Å². The maximum absolute atomic E-state index is 6.87. The number of nitrogens with zero attached hydrogens (tertiary/aromatic N) is 3. The maximum atomic E-state index is 6.87. The van der Waals surface area contributed by atoms with E-state index in [1.807, 2.05) is 11.3 Å². The van der Waals surface area contributed by atoms with E-state index in [1.54, 1.807) is 0 Å². The van der Waals surface area contributed by atoms with Crippen molar-refractivity contribution in [2.24, 2.45) is 0 Å². The zero-order valence-electron chi connectivity index (χ0n) is 27.7. The monoisotopic (exact) mass is 679 g/mol. The van der Waals surface area contributed by atoms with E-state index in [2.05, 4.69) is 172 Å². The molecule has 240 valence electrons. The first-order valence-corrected chi connectivity index (χ1v) is 18.6. The molecular weight excluding hydrogens is 653 g/mol. The minimum atomic E-state index is -0.0668. The van der Waals surface area contributed by atoms with Crippen molar-refractivity contribution in [2.45, 2.75) is 0 Å². The molecule has 6 heteroatoms. The van der Waals surface area contributed by atoms with E-state index < -0.39 is 0 Å². The van der Waals surface area contributed by atoms with E-state index in [4.69, 9.17) is 4.42 Å². The van der Waals surface area contributed by atoms with Gasteiger partial charge in [0.05, 0.1) is 10.9 Å². The summed E-state index contributed by atoms with van der Waals surface area (Å²) in [6, 6.07) is 57.5. The van der Waals surface area contributed by atoms with Crippen molar-refractivity contribution in [1.29, 1.82) is 0 Å². The molecule has 0 saturated heterocycles. The highest BCUT2D eigenvalue weighted by Gasteiger charge is 2.43. The first-order valence-electron chi connectivity index (χ1n) is 17.8. The van der Waals surface area contributed by atoms with Gasteiger partial charge in [0.2, 0.25) is 0 Å². The number of para-hydroxylation sites is 5. The molecule has 0 spiro atoms. The van der Waals surface area contributed by atoms with Crippen molar-refractivity contribution in [1.82, 2.24) is 9.05 Å². The van der Waals surface area contributed by atoms with Crippen LogP contribution in [0.4, 0.5) is 17.1 Å². The molecule has 0 radical (unpaired) electrons. The Morgan fingerprint density at radius 3 is 2.02 bits per heavy atom. The van der Waals surface area contributed by atoms with Gasteiger partial charge in [-0.1, -0.05) is 109 Å². The Labute approximate surface area is 302 Å². The molecule has 0 bridgehead atoms. The van der Waals surface area contributed by atoms with E-state index in [0.717, 1.165) is 33.7 Å². The van der Waals surface area contributed by atoms with Gasteiger partial charge in [0, 0.05) is 65.5 Å². The summed E-state index contributed by atoms with van der Waals surface area (Å²) in [7, 11) is 0. The maximum Gasteiger partial charge on any atom is 0.336 e. The molecule has 7 aromatic carbocycles. The van der Waals surface area contributed by atoms with Crippen LogP contribution in [0.2, 0.25) is 0 Å². The summed E-state index contributed by atoms with van der Waals surface area (Å²) in [5.41, 5.74) is 14.1. The number of benzene rings is 7. The van der Waals surface area contributed by atoms with Gasteiger partial charge in [-0.15, -0.1) is 11.3 Å². The van der Waals surface area contributed by atoms with Crippen molar-refractivity contribution in [2.75, 3.05) is 4.90 Å². The number of rotatable bonds is 3. The zero-order chi connectivity index (χ0) is 33.7. The predicted octanol–water partition coefficient (Wildman–Crippen LogP) is 11.3. The van der Waals surface area contributed by atoms with Gasteiger partial charge in [0.15, 0.2) is 5.71 Å². The number of thiophene rings is 1. The van der Waals surface area contributed by atoms with Crippen LogP contribution >= 0.6 is 11.3 Å². The highest BCUT2D eigenvalue weighted by Crippen LogP contribution is 2.49. The third-order valence-corrected chi connectivity index (χ3v) is 12.6. The van der Waals surface area contributed by atoms with E-state index in [0.29, 0.717) is 0 Å². The van der Waals surface area contributed by atoms with E-state index in [-0.39, 0.29) is 6.85 Å². The number of aromatic nitrogens is 2. The topological polar surface area (TPSA) is 26.2 Å². The summed E-state index contributed by atoms with van der Waals surface area (Å²) in [5.74, 6) is 0.